The lowest BCUT2D eigenvalue weighted by atomic mass is 10.2. The van der Waals surface area contributed by atoms with Crippen LogP contribution in [0.1, 0.15) is 23.5 Å². The number of amides is 2. The third-order valence-electron chi connectivity index (χ3n) is 4.38. The monoisotopic (exact) mass is 402 g/mol. The van der Waals surface area contributed by atoms with Gasteiger partial charge in [-0.25, -0.2) is 0 Å². The first-order valence-electron chi connectivity index (χ1n) is 9.18. The second kappa shape index (κ2) is 8.39. The van der Waals surface area contributed by atoms with Gasteiger partial charge in [-0.05, 0) is 43.3 Å². The molecule has 0 aliphatic rings. The lowest BCUT2D eigenvalue weighted by Gasteiger charge is -2.13. The van der Waals surface area contributed by atoms with Crippen LogP contribution in [0.3, 0.4) is 0 Å². The van der Waals surface area contributed by atoms with Crippen LogP contribution in [-0.4, -0.2) is 31.7 Å². The number of pyridine rings is 1. The minimum Gasteiger partial charge on any atom is -0.355 e. The van der Waals surface area contributed by atoms with Crippen molar-refractivity contribution in [2.75, 3.05) is 10.6 Å². The fraction of sp³-hybridized carbons (Fsp3) is 0.0952. The van der Waals surface area contributed by atoms with Crippen LogP contribution in [0.4, 0.5) is 11.4 Å². The van der Waals surface area contributed by atoms with E-state index < -0.39 is 11.9 Å². The number of carbonyl (C=O) groups is 2. The molecular formula is C21H18N6O3. The van der Waals surface area contributed by atoms with E-state index in [1.807, 2.05) is 6.07 Å². The molecule has 30 heavy (non-hydrogen) atoms. The molecule has 150 valence electrons. The summed E-state index contributed by atoms with van der Waals surface area (Å²) in [5.41, 5.74) is 1.92. The molecule has 0 radical (unpaired) electrons. The molecule has 4 rings (SSSR count). The Bertz CT molecular complexity index is 1150. The van der Waals surface area contributed by atoms with Gasteiger partial charge in [0.15, 0.2) is 11.5 Å². The number of benzene rings is 1. The molecule has 3 heterocycles. The average Bonchev–Trinajstić information content (AvgIpc) is 3.46. The molecule has 0 saturated heterocycles. The summed E-state index contributed by atoms with van der Waals surface area (Å²) in [6.45, 7) is 1.75. The summed E-state index contributed by atoms with van der Waals surface area (Å²) in [6, 6.07) is 13.2. The van der Waals surface area contributed by atoms with Crippen molar-refractivity contribution in [1.29, 1.82) is 0 Å². The molecule has 3 aromatic heterocycles. The molecule has 1 aromatic carbocycles. The predicted octanol–water partition coefficient (Wildman–Crippen LogP) is 3.39. The van der Waals surface area contributed by atoms with Gasteiger partial charge >= 0.3 is 0 Å². The zero-order valence-electron chi connectivity index (χ0n) is 16.0. The Morgan fingerprint density at radius 3 is 2.60 bits per heavy atom. The topological polar surface area (TPSA) is 115 Å². The third-order valence-corrected chi connectivity index (χ3v) is 4.38. The van der Waals surface area contributed by atoms with Gasteiger partial charge < -0.3 is 15.2 Å². The summed E-state index contributed by atoms with van der Waals surface area (Å²) >= 11 is 0. The Labute approximate surface area is 171 Å². The highest BCUT2D eigenvalue weighted by Crippen LogP contribution is 2.21. The van der Waals surface area contributed by atoms with E-state index in [-0.39, 0.29) is 11.6 Å². The molecule has 0 unspecified atom stereocenters. The fourth-order valence-electron chi connectivity index (χ4n) is 2.77. The molecule has 0 saturated carbocycles. The van der Waals surface area contributed by atoms with Crippen molar-refractivity contribution >= 4 is 23.2 Å². The van der Waals surface area contributed by atoms with Gasteiger partial charge in [-0.3, -0.25) is 19.3 Å². The molecule has 9 nitrogen and oxygen atoms in total. The molecule has 0 aliphatic carbocycles. The van der Waals surface area contributed by atoms with E-state index in [1.54, 1.807) is 78.9 Å². The molecule has 4 aromatic rings. The van der Waals surface area contributed by atoms with Crippen molar-refractivity contribution in [3.8, 4) is 11.3 Å². The maximum atomic E-state index is 12.5. The van der Waals surface area contributed by atoms with Crippen molar-refractivity contribution < 1.29 is 14.1 Å². The first-order chi connectivity index (χ1) is 14.6. The number of anilines is 2. The van der Waals surface area contributed by atoms with Gasteiger partial charge in [0.05, 0.1) is 0 Å². The normalized spacial score (nSPS) is 11.6. The van der Waals surface area contributed by atoms with Crippen molar-refractivity contribution in [3.63, 3.8) is 0 Å². The predicted molar refractivity (Wildman–Crippen MR) is 110 cm³/mol. The van der Waals surface area contributed by atoms with Crippen LogP contribution in [0.25, 0.3) is 11.3 Å². The average molecular weight is 402 g/mol. The van der Waals surface area contributed by atoms with Gasteiger partial charge in [0, 0.05) is 47.8 Å². The quantitative estimate of drug-likeness (QED) is 0.511. The van der Waals surface area contributed by atoms with Gasteiger partial charge in [-0.15, -0.1) is 0 Å². The molecule has 2 N–H and O–H groups in total. The van der Waals surface area contributed by atoms with Crippen LogP contribution in [0.2, 0.25) is 0 Å². The van der Waals surface area contributed by atoms with Gasteiger partial charge in [0.1, 0.15) is 6.04 Å². The summed E-state index contributed by atoms with van der Waals surface area (Å²) in [5, 5.41) is 13.5. The van der Waals surface area contributed by atoms with Crippen LogP contribution >= 0.6 is 0 Å². The van der Waals surface area contributed by atoms with Crippen LogP contribution < -0.4 is 10.6 Å². The van der Waals surface area contributed by atoms with Crippen LogP contribution in [-0.2, 0) is 4.79 Å². The molecule has 2 amide bonds. The summed E-state index contributed by atoms with van der Waals surface area (Å²) in [7, 11) is 0. The summed E-state index contributed by atoms with van der Waals surface area (Å²) < 4.78 is 6.79. The number of nitrogens with one attached hydrogen (secondary N) is 2. The SMILES string of the molecule is C[C@@H](C(=O)Nc1cccc(NC(=O)c2cc(-c3cccnc3)on2)c1)n1cccn1. The van der Waals surface area contributed by atoms with E-state index in [4.69, 9.17) is 4.52 Å². The van der Waals surface area contributed by atoms with Crippen molar-refractivity contribution in [2.45, 2.75) is 13.0 Å². The Morgan fingerprint density at radius 1 is 1.03 bits per heavy atom. The highest BCUT2D eigenvalue weighted by atomic mass is 16.5. The van der Waals surface area contributed by atoms with Gasteiger partial charge in [-0.1, -0.05) is 11.2 Å². The smallest absolute Gasteiger partial charge is 0.277 e. The highest BCUT2D eigenvalue weighted by Gasteiger charge is 2.16. The third kappa shape index (κ3) is 4.25. The van der Waals surface area contributed by atoms with E-state index in [1.165, 1.54) is 0 Å². The van der Waals surface area contributed by atoms with Crippen LogP contribution in [0.5, 0.6) is 0 Å². The zero-order valence-corrected chi connectivity index (χ0v) is 16.0. The second-order valence-electron chi connectivity index (χ2n) is 6.50. The Hall–Kier alpha value is -4.27. The molecule has 0 aliphatic heterocycles. The molecule has 9 heteroatoms. The van der Waals surface area contributed by atoms with Crippen molar-refractivity contribution in [2.24, 2.45) is 0 Å². The van der Waals surface area contributed by atoms with Crippen molar-refractivity contribution in [1.82, 2.24) is 19.9 Å². The molecule has 1 atom stereocenters. The van der Waals surface area contributed by atoms with E-state index in [9.17, 15) is 9.59 Å². The zero-order chi connectivity index (χ0) is 20.9. The maximum absolute atomic E-state index is 12.5. The largest absolute Gasteiger partial charge is 0.355 e. The number of hydrogen-bond acceptors (Lipinski definition) is 6. The standard InChI is InChI=1S/C21H18N6O3/c1-14(27-10-4-9-23-27)20(28)24-16-6-2-7-17(11-16)25-21(29)18-12-19(30-26-18)15-5-3-8-22-13-15/h2-14H,1H3,(H,24,28)(H,25,29)/t14-/m0/s1. The van der Waals surface area contributed by atoms with Crippen molar-refractivity contribution in [3.05, 3.63) is 79.0 Å². The van der Waals surface area contributed by atoms with Crippen LogP contribution in [0.15, 0.2) is 77.8 Å². The number of carbonyl (C=O) groups excluding carboxylic acids is 2. The minimum atomic E-state index is -0.473. The number of nitrogens with zero attached hydrogens (tertiary/aromatic N) is 4. The van der Waals surface area contributed by atoms with E-state index in [0.29, 0.717) is 17.1 Å². The van der Waals surface area contributed by atoms with Crippen LogP contribution in [0, 0.1) is 0 Å². The maximum Gasteiger partial charge on any atom is 0.277 e. The molecule has 0 fully saturated rings. The Morgan fingerprint density at radius 2 is 1.87 bits per heavy atom. The van der Waals surface area contributed by atoms with E-state index >= 15 is 0 Å². The summed E-state index contributed by atoms with van der Waals surface area (Å²) in [4.78, 5) is 28.9. The lowest BCUT2D eigenvalue weighted by molar-refractivity contribution is -0.119. The number of aromatic nitrogens is 4. The highest BCUT2D eigenvalue weighted by molar-refractivity contribution is 6.03. The first kappa shape index (κ1) is 19.1. The minimum absolute atomic E-state index is 0.135. The molecule has 0 spiro atoms. The fourth-order valence-corrected chi connectivity index (χ4v) is 2.77. The summed E-state index contributed by atoms with van der Waals surface area (Å²) in [5.74, 6) is -0.205. The van der Waals surface area contributed by atoms with E-state index in [2.05, 4.69) is 25.9 Å². The second-order valence-corrected chi connectivity index (χ2v) is 6.50. The Kier molecular flexibility index (Phi) is 5.33. The number of hydrogen-bond donors (Lipinski definition) is 2. The van der Waals surface area contributed by atoms with Gasteiger partial charge in [-0.2, -0.15) is 5.10 Å². The number of rotatable bonds is 6. The molecule has 0 bridgehead atoms. The first-order valence-corrected chi connectivity index (χ1v) is 9.18. The summed E-state index contributed by atoms with van der Waals surface area (Å²) in [6.07, 6.45) is 6.61. The van der Waals surface area contributed by atoms with E-state index in [0.717, 1.165) is 5.56 Å². The lowest BCUT2D eigenvalue weighted by Crippen LogP contribution is -2.24. The molecular weight excluding hydrogens is 384 g/mol. The Balaban J connectivity index is 1.42. The van der Waals surface area contributed by atoms with Gasteiger partial charge in [0.2, 0.25) is 5.91 Å². The van der Waals surface area contributed by atoms with Gasteiger partial charge in [0.25, 0.3) is 5.91 Å².